The Balaban J connectivity index is 0.000000513. The second-order valence-electron chi connectivity index (χ2n) is 7.14. The summed E-state index contributed by atoms with van der Waals surface area (Å²) in [5.74, 6) is -0.663. The molecule has 0 heterocycles. The lowest BCUT2D eigenvalue weighted by atomic mass is 9.76. The number of aldehydes is 1. The molecule has 0 saturated carbocycles. The monoisotopic (exact) mass is 428 g/mol. The number of aliphatic hydroxyl groups is 1. The largest absolute Gasteiger partial charge is 0.507 e. The third-order valence-corrected chi connectivity index (χ3v) is 5.35. The van der Waals surface area contributed by atoms with Gasteiger partial charge in [0.1, 0.15) is 23.5 Å². The second kappa shape index (κ2) is 10.2. The van der Waals surface area contributed by atoms with Gasteiger partial charge in [0.05, 0.1) is 30.4 Å². The Bertz CT molecular complexity index is 1010. The molecule has 0 amide bonds. The van der Waals surface area contributed by atoms with Crippen LogP contribution in [-0.2, 0) is 17.6 Å². The Morgan fingerprint density at radius 3 is 2.19 bits per heavy atom. The molecule has 0 spiro atoms. The Kier molecular flexibility index (Phi) is 7.94. The number of methoxy groups -OCH3 is 1. The van der Waals surface area contributed by atoms with Gasteiger partial charge in [-0.05, 0) is 31.2 Å². The molecule has 2 aliphatic carbocycles. The number of hydrogen-bond acceptors (Lipinski definition) is 7. The van der Waals surface area contributed by atoms with Gasteiger partial charge in [0, 0.05) is 16.7 Å². The molecular formula is C24H28O7. The summed E-state index contributed by atoms with van der Waals surface area (Å²) < 4.78 is 5.23. The van der Waals surface area contributed by atoms with Crippen molar-refractivity contribution in [3.63, 3.8) is 0 Å². The van der Waals surface area contributed by atoms with Gasteiger partial charge < -0.3 is 24.9 Å². The highest BCUT2D eigenvalue weighted by Gasteiger charge is 2.39. The summed E-state index contributed by atoms with van der Waals surface area (Å²) in [7, 11) is 1.43. The van der Waals surface area contributed by atoms with E-state index in [1.165, 1.54) is 7.11 Å². The van der Waals surface area contributed by atoms with Crippen LogP contribution >= 0.6 is 0 Å². The van der Waals surface area contributed by atoms with Crippen LogP contribution in [0.25, 0.3) is 0 Å². The fourth-order valence-corrected chi connectivity index (χ4v) is 3.98. The highest BCUT2D eigenvalue weighted by atomic mass is 16.5. The number of ketones is 2. The Morgan fingerprint density at radius 2 is 1.61 bits per heavy atom. The van der Waals surface area contributed by atoms with Crippen LogP contribution in [0.1, 0.15) is 70.2 Å². The van der Waals surface area contributed by atoms with Gasteiger partial charge in [0.15, 0.2) is 5.78 Å². The molecule has 1 atom stereocenters. The van der Waals surface area contributed by atoms with Crippen molar-refractivity contribution in [2.45, 2.75) is 40.0 Å². The maximum Gasteiger partial charge on any atom is 0.202 e. The third-order valence-electron chi connectivity index (χ3n) is 5.35. The van der Waals surface area contributed by atoms with Crippen LogP contribution < -0.4 is 4.74 Å². The van der Waals surface area contributed by atoms with E-state index in [1.54, 1.807) is 18.2 Å². The maximum absolute atomic E-state index is 13.1. The fourth-order valence-electron chi connectivity index (χ4n) is 3.98. The molecule has 31 heavy (non-hydrogen) atoms. The minimum atomic E-state index is -0.490. The van der Waals surface area contributed by atoms with E-state index in [9.17, 15) is 19.8 Å². The van der Waals surface area contributed by atoms with Crippen molar-refractivity contribution in [1.82, 2.24) is 0 Å². The molecule has 2 aromatic rings. The number of phenolic OH excluding ortho intramolecular Hbond substituents is 2. The highest BCUT2D eigenvalue weighted by Crippen LogP contribution is 2.47. The lowest BCUT2D eigenvalue weighted by Crippen LogP contribution is -2.24. The van der Waals surface area contributed by atoms with Crippen molar-refractivity contribution in [3.05, 3.63) is 51.6 Å². The van der Waals surface area contributed by atoms with Crippen LogP contribution in [0, 0.1) is 5.92 Å². The van der Waals surface area contributed by atoms with E-state index >= 15 is 0 Å². The van der Waals surface area contributed by atoms with Crippen LogP contribution in [0.5, 0.6) is 17.2 Å². The Morgan fingerprint density at radius 1 is 1.03 bits per heavy atom. The van der Waals surface area contributed by atoms with Crippen LogP contribution in [0.3, 0.4) is 0 Å². The van der Waals surface area contributed by atoms with Gasteiger partial charge in [-0.3, -0.25) is 9.59 Å². The average Bonchev–Trinajstić information content (AvgIpc) is 2.80. The molecule has 0 radical (unpaired) electrons. The molecular weight excluding hydrogens is 400 g/mol. The minimum Gasteiger partial charge on any atom is -0.507 e. The highest BCUT2D eigenvalue weighted by molar-refractivity contribution is 6.31. The standard InChI is InChI=1S/C20H18O5.C2H4O2.C2H6/c1-9-6-7-10-12(8-9)19(23)15-16(17(10)21)20(24)14-11(18(15)22)4-3-5-13(14)25-2;3-1-2-4;1-2/h3-5,9,21,23H,6-8H2,1-2H3;1,4H,2H2;1-2H3/t9-;;/m0../s1. The van der Waals surface area contributed by atoms with E-state index in [1.807, 2.05) is 13.8 Å². The maximum atomic E-state index is 13.1. The fraction of sp³-hybridized carbons (Fsp3) is 0.375. The van der Waals surface area contributed by atoms with E-state index < -0.39 is 11.6 Å². The first kappa shape index (κ1) is 24.1. The lowest BCUT2D eigenvalue weighted by Gasteiger charge is -2.28. The van der Waals surface area contributed by atoms with E-state index in [2.05, 4.69) is 6.92 Å². The molecule has 4 rings (SSSR count). The van der Waals surface area contributed by atoms with Crippen LogP contribution in [-0.4, -0.2) is 46.9 Å². The van der Waals surface area contributed by atoms with E-state index in [4.69, 9.17) is 14.6 Å². The van der Waals surface area contributed by atoms with Crippen molar-refractivity contribution >= 4 is 17.9 Å². The predicted octanol–water partition coefficient (Wildman–Crippen LogP) is 3.21. The first-order valence-corrected chi connectivity index (χ1v) is 10.3. The van der Waals surface area contributed by atoms with Crippen molar-refractivity contribution in [2.24, 2.45) is 5.92 Å². The van der Waals surface area contributed by atoms with Gasteiger partial charge in [-0.15, -0.1) is 0 Å². The van der Waals surface area contributed by atoms with Gasteiger partial charge in [-0.2, -0.15) is 0 Å². The van der Waals surface area contributed by atoms with Crippen molar-refractivity contribution < 1.29 is 34.4 Å². The zero-order valence-electron chi connectivity index (χ0n) is 18.2. The molecule has 3 N–H and O–H groups in total. The summed E-state index contributed by atoms with van der Waals surface area (Å²) in [6.07, 6.45) is 2.44. The number of ether oxygens (including phenoxy) is 1. The van der Waals surface area contributed by atoms with E-state index in [-0.39, 0.29) is 46.1 Å². The first-order chi connectivity index (χ1) is 14.9. The number of aromatic hydroxyl groups is 2. The number of hydrogen-bond donors (Lipinski definition) is 3. The average molecular weight is 428 g/mol. The summed E-state index contributed by atoms with van der Waals surface area (Å²) in [4.78, 5) is 35.0. The first-order valence-electron chi connectivity index (χ1n) is 10.3. The molecule has 166 valence electrons. The van der Waals surface area contributed by atoms with Crippen molar-refractivity contribution in [2.75, 3.05) is 13.7 Å². The van der Waals surface area contributed by atoms with Gasteiger partial charge in [-0.1, -0.05) is 32.9 Å². The van der Waals surface area contributed by atoms with Crippen LogP contribution in [0.2, 0.25) is 0 Å². The van der Waals surface area contributed by atoms with Crippen LogP contribution in [0.15, 0.2) is 18.2 Å². The third kappa shape index (κ3) is 4.18. The Hall–Kier alpha value is -3.19. The van der Waals surface area contributed by atoms with E-state index in [0.29, 0.717) is 36.2 Å². The quantitative estimate of drug-likeness (QED) is 0.423. The van der Waals surface area contributed by atoms with Gasteiger partial charge in [0.25, 0.3) is 0 Å². The second-order valence-corrected chi connectivity index (χ2v) is 7.14. The van der Waals surface area contributed by atoms with Crippen LogP contribution in [0.4, 0.5) is 0 Å². The molecule has 0 fully saturated rings. The number of carbonyl (C=O) groups excluding carboxylic acids is 3. The molecule has 2 aliphatic rings. The Labute approximate surface area is 181 Å². The molecule has 2 aromatic carbocycles. The van der Waals surface area contributed by atoms with Crippen molar-refractivity contribution in [1.29, 1.82) is 0 Å². The van der Waals surface area contributed by atoms with Gasteiger partial charge in [0.2, 0.25) is 5.78 Å². The molecule has 0 aliphatic heterocycles. The smallest absolute Gasteiger partial charge is 0.202 e. The number of rotatable bonds is 2. The number of aliphatic hydroxyl groups excluding tert-OH is 1. The molecule has 0 aromatic heterocycles. The summed E-state index contributed by atoms with van der Waals surface area (Å²) in [6, 6.07) is 4.77. The SMILES string of the molecule is CC.COc1cccc2c1C(=O)c1c(O)c3c(c(O)c1C2=O)C[C@@H](C)CC3.O=CCO. The number of benzene rings is 2. The topological polar surface area (TPSA) is 121 Å². The summed E-state index contributed by atoms with van der Waals surface area (Å²) in [5, 5.41) is 29.0. The molecule has 0 saturated heterocycles. The lowest BCUT2D eigenvalue weighted by molar-refractivity contribution is -0.110. The predicted molar refractivity (Wildman–Crippen MR) is 115 cm³/mol. The molecule has 0 bridgehead atoms. The van der Waals surface area contributed by atoms with Gasteiger partial charge in [-0.25, -0.2) is 0 Å². The number of phenols is 2. The minimum absolute atomic E-state index is 0.0869. The van der Waals surface area contributed by atoms with Crippen molar-refractivity contribution in [3.8, 4) is 17.2 Å². The summed E-state index contributed by atoms with van der Waals surface area (Å²) in [6.45, 7) is 5.70. The molecule has 0 unspecified atom stereocenters. The zero-order valence-corrected chi connectivity index (χ0v) is 18.2. The number of fused-ring (bicyclic) bond motifs is 3. The number of carbonyl (C=O) groups is 3. The summed E-state index contributed by atoms with van der Waals surface area (Å²) in [5.41, 5.74) is 1.30. The molecule has 7 heteroatoms. The summed E-state index contributed by atoms with van der Waals surface area (Å²) >= 11 is 0. The van der Waals surface area contributed by atoms with Gasteiger partial charge >= 0.3 is 0 Å². The van der Waals surface area contributed by atoms with E-state index in [0.717, 1.165) is 6.42 Å². The normalized spacial score (nSPS) is 15.8. The zero-order chi connectivity index (χ0) is 23.3. The molecule has 7 nitrogen and oxygen atoms in total.